The van der Waals surface area contributed by atoms with Crippen LogP contribution in [0.15, 0.2) is 42.5 Å². The average molecular weight is 404 g/mol. The summed E-state index contributed by atoms with van der Waals surface area (Å²) in [6.07, 6.45) is 1.68. The van der Waals surface area contributed by atoms with E-state index in [1.807, 2.05) is 32.0 Å². The van der Waals surface area contributed by atoms with Gasteiger partial charge in [0.05, 0.1) is 11.8 Å². The van der Waals surface area contributed by atoms with Crippen molar-refractivity contribution in [3.05, 3.63) is 59.2 Å². The van der Waals surface area contributed by atoms with E-state index >= 15 is 0 Å². The van der Waals surface area contributed by atoms with Crippen LogP contribution in [-0.2, 0) is 14.3 Å². The van der Waals surface area contributed by atoms with Crippen LogP contribution in [0, 0.1) is 37.5 Å². The number of ether oxygens (including phenoxy) is 1. The molecular formula is C24H24N2O4. The Kier molecular flexibility index (Phi) is 4.38. The van der Waals surface area contributed by atoms with E-state index in [2.05, 4.69) is 10.6 Å². The van der Waals surface area contributed by atoms with Crippen molar-refractivity contribution in [3.8, 4) is 0 Å². The van der Waals surface area contributed by atoms with Crippen LogP contribution in [0.5, 0.6) is 0 Å². The summed E-state index contributed by atoms with van der Waals surface area (Å²) in [5, 5.41) is 5.82. The number of rotatable bonds is 4. The van der Waals surface area contributed by atoms with Crippen LogP contribution >= 0.6 is 0 Å². The third kappa shape index (κ3) is 3.07. The van der Waals surface area contributed by atoms with Crippen LogP contribution in [0.2, 0.25) is 0 Å². The van der Waals surface area contributed by atoms with Gasteiger partial charge in [0.2, 0.25) is 5.91 Å². The van der Waals surface area contributed by atoms with Crippen molar-refractivity contribution in [2.45, 2.75) is 32.8 Å². The van der Waals surface area contributed by atoms with Crippen molar-refractivity contribution >= 4 is 29.2 Å². The lowest BCUT2D eigenvalue weighted by molar-refractivity contribution is -0.145. The summed E-state index contributed by atoms with van der Waals surface area (Å²) in [6.45, 7) is 4.02. The molecule has 1 heterocycles. The predicted octanol–water partition coefficient (Wildman–Crippen LogP) is 3.69. The number of hydrogen-bond acceptors (Lipinski definition) is 4. The first-order valence-corrected chi connectivity index (χ1v) is 10.4. The van der Waals surface area contributed by atoms with Crippen LogP contribution < -0.4 is 10.6 Å². The number of aryl methyl sites for hydroxylation is 2. The van der Waals surface area contributed by atoms with Crippen molar-refractivity contribution in [3.63, 3.8) is 0 Å². The highest BCUT2D eigenvalue weighted by molar-refractivity contribution is 6.05. The number of amides is 2. The molecule has 6 heteroatoms. The van der Waals surface area contributed by atoms with Crippen LogP contribution in [0.1, 0.15) is 34.3 Å². The summed E-state index contributed by atoms with van der Waals surface area (Å²) in [5.74, 6) is -0.889. The molecule has 1 saturated heterocycles. The van der Waals surface area contributed by atoms with E-state index < -0.39 is 0 Å². The van der Waals surface area contributed by atoms with Gasteiger partial charge >= 0.3 is 5.97 Å². The van der Waals surface area contributed by atoms with Gasteiger partial charge in [0, 0.05) is 22.9 Å². The van der Waals surface area contributed by atoms with Gasteiger partial charge in [-0.1, -0.05) is 12.1 Å². The summed E-state index contributed by atoms with van der Waals surface area (Å²) in [6, 6.07) is 12.6. The van der Waals surface area contributed by atoms with Crippen LogP contribution in [0.25, 0.3) is 0 Å². The number of carbonyl (C=O) groups excluding carboxylic acids is 3. The van der Waals surface area contributed by atoms with Crippen molar-refractivity contribution in [1.82, 2.24) is 0 Å². The maximum atomic E-state index is 13.0. The Morgan fingerprint density at radius 2 is 1.77 bits per heavy atom. The molecule has 2 aromatic rings. The molecule has 2 aromatic carbocycles. The summed E-state index contributed by atoms with van der Waals surface area (Å²) in [4.78, 5) is 37.8. The van der Waals surface area contributed by atoms with Crippen molar-refractivity contribution in [1.29, 1.82) is 0 Å². The molecule has 2 saturated carbocycles. The third-order valence-electron chi connectivity index (χ3n) is 6.94. The van der Waals surface area contributed by atoms with E-state index in [0.717, 1.165) is 29.7 Å². The molecule has 3 aliphatic rings. The van der Waals surface area contributed by atoms with Gasteiger partial charge in [-0.15, -0.1) is 0 Å². The van der Waals surface area contributed by atoms with E-state index in [-0.39, 0.29) is 47.6 Å². The topological polar surface area (TPSA) is 84.5 Å². The first-order chi connectivity index (χ1) is 14.4. The Morgan fingerprint density at radius 3 is 2.57 bits per heavy atom. The quantitative estimate of drug-likeness (QED) is 0.761. The number of benzene rings is 2. The number of carbonyl (C=O) groups is 3. The lowest BCUT2D eigenvalue weighted by Gasteiger charge is -2.23. The number of hydrogen-bond donors (Lipinski definition) is 2. The first-order valence-electron chi connectivity index (χ1n) is 10.4. The van der Waals surface area contributed by atoms with E-state index in [4.69, 9.17) is 4.74 Å². The maximum Gasteiger partial charge on any atom is 0.310 e. The van der Waals surface area contributed by atoms with Gasteiger partial charge in [0.1, 0.15) is 6.10 Å². The Bertz CT molecular complexity index is 1060. The molecule has 1 aliphatic heterocycles. The molecule has 5 rings (SSSR count). The Morgan fingerprint density at radius 1 is 0.967 bits per heavy atom. The SMILES string of the molecule is Cc1ccc(NC(=O)c2cccc(NC(=O)[C@@H]3[C@@H]4C[C@@H]5[C@@H]3C(=O)O[C@@H]5C4)c2)cc1C. The molecule has 2 amide bonds. The lowest BCUT2D eigenvalue weighted by atomic mass is 9.79. The average Bonchev–Trinajstić information content (AvgIpc) is 3.33. The molecule has 5 atom stereocenters. The standard InChI is InChI=1S/C24H24N2O4/c1-12-6-7-17(8-13(12)2)25-22(27)14-4-3-5-16(9-14)26-23(28)20-15-10-18-19(11-15)30-24(29)21(18)20/h3-9,15,18-21H,10-11H2,1-2H3,(H,25,27)(H,26,28)/t15-,18+,19-,20-,21+/m1/s1. The van der Waals surface area contributed by atoms with Crippen molar-refractivity contribution in [2.24, 2.45) is 23.7 Å². The molecule has 3 fully saturated rings. The van der Waals surface area contributed by atoms with Crippen LogP contribution in [0.4, 0.5) is 11.4 Å². The zero-order valence-electron chi connectivity index (χ0n) is 17.0. The molecule has 2 bridgehead atoms. The highest BCUT2D eigenvalue weighted by atomic mass is 16.6. The molecule has 154 valence electrons. The number of nitrogens with one attached hydrogen (secondary N) is 2. The fraction of sp³-hybridized carbons (Fsp3) is 0.375. The van der Waals surface area contributed by atoms with Crippen LogP contribution in [-0.4, -0.2) is 23.9 Å². The Hall–Kier alpha value is -3.15. The van der Waals surface area contributed by atoms with Gasteiger partial charge < -0.3 is 15.4 Å². The first kappa shape index (κ1) is 18.9. The molecule has 0 unspecified atom stereocenters. The molecule has 2 N–H and O–H groups in total. The molecule has 0 aromatic heterocycles. The van der Waals surface area contributed by atoms with Gasteiger partial charge in [-0.3, -0.25) is 14.4 Å². The van der Waals surface area contributed by atoms with Gasteiger partial charge in [-0.2, -0.15) is 0 Å². The van der Waals surface area contributed by atoms with Gasteiger partial charge in [-0.05, 0) is 74.1 Å². The zero-order valence-corrected chi connectivity index (χ0v) is 17.0. The molecular weight excluding hydrogens is 380 g/mol. The minimum atomic E-state index is -0.339. The third-order valence-corrected chi connectivity index (χ3v) is 6.94. The van der Waals surface area contributed by atoms with Gasteiger partial charge in [0.15, 0.2) is 0 Å². The number of esters is 1. The van der Waals surface area contributed by atoms with Crippen molar-refractivity contribution < 1.29 is 19.1 Å². The minimum Gasteiger partial charge on any atom is -0.462 e. The smallest absolute Gasteiger partial charge is 0.310 e. The molecule has 6 nitrogen and oxygen atoms in total. The lowest BCUT2D eigenvalue weighted by Crippen LogP contribution is -2.35. The fourth-order valence-electron chi connectivity index (χ4n) is 5.35. The van der Waals surface area contributed by atoms with Gasteiger partial charge in [-0.25, -0.2) is 0 Å². The summed E-state index contributed by atoms with van der Waals surface area (Å²) in [7, 11) is 0. The minimum absolute atomic E-state index is 0.00832. The monoisotopic (exact) mass is 404 g/mol. The number of fused-ring (bicyclic) bond motifs is 1. The normalized spacial score (nSPS) is 28.3. The van der Waals surface area contributed by atoms with Crippen molar-refractivity contribution in [2.75, 3.05) is 10.6 Å². The predicted molar refractivity (Wildman–Crippen MR) is 112 cm³/mol. The van der Waals surface area contributed by atoms with Gasteiger partial charge in [0.25, 0.3) is 5.91 Å². The molecule has 0 radical (unpaired) electrons. The summed E-state index contributed by atoms with van der Waals surface area (Å²) >= 11 is 0. The molecule has 0 spiro atoms. The largest absolute Gasteiger partial charge is 0.462 e. The highest BCUT2D eigenvalue weighted by Gasteiger charge is 2.63. The maximum absolute atomic E-state index is 13.0. The Labute approximate surface area is 175 Å². The molecule has 2 aliphatic carbocycles. The fourth-order valence-corrected chi connectivity index (χ4v) is 5.35. The van der Waals surface area contributed by atoms with E-state index in [1.165, 1.54) is 0 Å². The summed E-state index contributed by atoms with van der Waals surface area (Å²) in [5.41, 5.74) is 4.01. The zero-order chi connectivity index (χ0) is 21.0. The van der Waals surface area contributed by atoms with E-state index in [1.54, 1.807) is 24.3 Å². The Balaban J connectivity index is 1.29. The number of anilines is 2. The van der Waals surface area contributed by atoms with E-state index in [9.17, 15) is 14.4 Å². The highest BCUT2D eigenvalue weighted by Crippen LogP contribution is 2.57. The second kappa shape index (κ2) is 6.97. The molecule has 30 heavy (non-hydrogen) atoms. The second-order valence-corrected chi connectivity index (χ2v) is 8.75. The second-order valence-electron chi connectivity index (χ2n) is 8.75. The van der Waals surface area contributed by atoms with Crippen LogP contribution in [0.3, 0.4) is 0 Å². The van der Waals surface area contributed by atoms with E-state index in [0.29, 0.717) is 11.3 Å². The summed E-state index contributed by atoms with van der Waals surface area (Å²) < 4.78 is 5.42.